The Morgan fingerprint density at radius 3 is 2.67 bits per heavy atom. The molecule has 0 aliphatic carbocycles. The van der Waals surface area contributed by atoms with Crippen LogP contribution in [0.2, 0.25) is 5.82 Å². The number of hydrogen-bond donors (Lipinski definition) is 4. The summed E-state index contributed by atoms with van der Waals surface area (Å²) in [4.78, 5) is 51.9. The van der Waals surface area contributed by atoms with E-state index in [0.29, 0.717) is 23.6 Å². The number of nitrogens with zero attached hydrogens (tertiary/aromatic N) is 2. The van der Waals surface area contributed by atoms with Crippen LogP contribution in [0.4, 0.5) is 4.79 Å². The zero-order chi connectivity index (χ0) is 24.3. The summed E-state index contributed by atoms with van der Waals surface area (Å²) in [5.74, 6) is -2.61. The minimum absolute atomic E-state index is 0.0638. The van der Waals surface area contributed by atoms with Gasteiger partial charge in [-0.2, -0.15) is 0 Å². The Morgan fingerprint density at radius 2 is 2.00 bits per heavy atom. The average molecular weight is 461 g/mol. The molecule has 0 spiro atoms. The molecule has 0 unspecified atom stereocenters. The molecule has 3 atom stereocenters. The fourth-order valence-electron chi connectivity index (χ4n) is 4.08. The molecule has 12 heteroatoms. The number of carbonyl (C=O) groups excluding carboxylic acids is 4. The van der Waals surface area contributed by atoms with Crippen molar-refractivity contribution in [1.82, 2.24) is 15.1 Å². The van der Waals surface area contributed by atoms with Gasteiger partial charge in [0.1, 0.15) is 17.9 Å². The molecular formula is C21H28BN3O8. The predicted molar refractivity (Wildman–Crippen MR) is 116 cm³/mol. The van der Waals surface area contributed by atoms with Gasteiger partial charge in [-0.25, -0.2) is 4.79 Å². The smallest absolute Gasteiger partial charge is 0.526 e. The highest BCUT2D eigenvalue weighted by atomic mass is 16.5. The van der Waals surface area contributed by atoms with Gasteiger partial charge in [-0.3, -0.25) is 19.3 Å². The number of amides is 4. The van der Waals surface area contributed by atoms with E-state index in [1.165, 1.54) is 4.90 Å². The van der Waals surface area contributed by atoms with E-state index in [-0.39, 0.29) is 19.5 Å². The number of piperazine rings is 1. The number of likely N-dealkylation sites (N-methyl/N-ethyl adjacent to an activating group) is 1. The molecule has 2 heterocycles. The number of rotatable bonds is 7. The highest BCUT2D eigenvalue weighted by molar-refractivity contribution is 6.46. The highest BCUT2D eigenvalue weighted by Gasteiger charge is 2.41. The second kappa shape index (κ2) is 10.3. The van der Waals surface area contributed by atoms with Gasteiger partial charge < -0.3 is 30.1 Å². The molecule has 1 saturated heterocycles. The van der Waals surface area contributed by atoms with Gasteiger partial charge in [0.2, 0.25) is 0 Å². The number of Topliss-reactive ketones (excluding diaryl/α,β-unsaturated/α-hetero) is 1. The molecule has 0 saturated carbocycles. The van der Waals surface area contributed by atoms with Gasteiger partial charge >= 0.3 is 25.0 Å². The number of aryl methyl sites for hydroxylation is 1. The van der Waals surface area contributed by atoms with Crippen molar-refractivity contribution in [2.75, 3.05) is 26.2 Å². The number of para-hydroxylation sites is 1. The molecule has 2 aliphatic heterocycles. The molecule has 33 heavy (non-hydrogen) atoms. The summed E-state index contributed by atoms with van der Waals surface area (Å²) in [6.45, 7) is 3.13. The molecule has 0 bridgehead atoms. The van der Waals surface area contributed by atoms with Gasteiger partial charge in [0.05, 0.1) is 6.61 Å². The van der Waals surface area contributed by atoms with Crippen molar-refractivity contribution in [1.29, 1.82) is 0 Å². The van der Waals surface area contributed by atoms with E-state index in [9.17, 15) is 34.4 Å². The summed E-state index contributed by atoms with van der Waals surface area (Å²) in [7, 11) is -1.27. The van der Waals surface area contributed by atoms with Crippen LogP contribution in [0.25, 0.3) is 0 Å². The Balaban J connectivity index is 1.70. The maximum atomic E-state index is 13.0. The molecular weight excluding hydrogens is 433 g/mol. The molecule has 0 radical (unpaired) electrons. The Morgan fingerprint density at radius 1 is 1.27 bits per heavy atom. The molecule has 178 valence electrons. The van der Waals surface area contributed by atoms with E-state index in [2.05, 4.69) is 5.32 Å². The van der Waals surface area contributed by atoms with Crippen LogP contribution in [0.3, 0.4) is 0 Å². The van der Waals surface area contributed by atoms with Gasteiger partial charge in [0.25, 0.3) is 0 Å². The number of imide groups is 1. The van der Waals surface area contributed by atoms with Gasteiger partial charge in [-0.05, 0) is 31.4 Å². The van der Waals surface area contributed by atoms with E-state index < -0.39 is 55.3 Å². The maximum absolute atomic E-state index is 13.0. The van der Waals surface area contributed by atoms with Gasteiger partial charge in [-0.1, -0.05) is 18.2 Å². The van der Waals surface area contributed by atoms with E-state index in [1.54, 1.807) is 6.92 Å². The molecule has 1 aromatic carbocycles. The first-order valence-corrected chi connectivity index (χ1v) is 10.8. The lowest BCUT2D eigenvalue weighted by molar-refractivity contribution is -0.153. The standard InChI is InChI=1S/C21H28BN3O8/c1-3-24-7-8-25(20(30)19(24)29)21(31)23-17(16(28)11-26)15(27)10-14-9-13-6-4-5-12(2)18(13)33-22(14)32/h4-6,14,16-17,26,28,32H,3,7-11H2,1-2H3,(H,23,31)/t14-,16-,17-/m1/s1. The Kier molecular flexibility index (Phi) is 7.72. The van der Waals surface area contributed by atoms with E-state index >= 15 is 0 Å². The predicted octanol–water partition coefficient (Wildman–Crippen LogP) is -1.14. The van der Waals surface area contributed by atoms with Crippen LogP contribution in [-0.4, -0.2) is 94.2 Å². The molecule has 4 N–H and O–H groups in total. The third kappa shape index (κ3) is 5.18. The lowest BCUT2D eigenvalue weighted by Gasteiger charge is -2.33. The summed E-state index contributed by atoms with van der Waals surface area (Å²) in [5, 5.41) is 32.2. The van der Waals surface area contributed by atoms with Crippen molar-refractivity contribution in [3.63, 3.8) is 0 Å². The van der Waals surface area contributed by atoms with Gasteiger partial charge in [0.15, 0.2) is 5.78 Å². The van der Waals surface area contributed by atoms with Crippen molar-refractivity contribution < 1.29 is 39.1 Å². The third-order valence-electron chi connectivity index (χ3n) is 6.01. The van der Waals surface area contributed by atoms with Gasteiger partial charge in [0, 0.05) is 31.9 Å². The number of hydrogen-bond acceptors (Lipinski definition) is 8. The number of benzene rings is 1. The minimum atomic E-state index is -1.64. The molecule has 3 rings (SSSR count). The first-order chi connectivity index (χ1) is 15.7. The number of nitrogens with one attached hydrogen (secondary N) is 1. The van der Waals surface area contributed by atoms with Crippen LogP contribution < -0.4 is 9.97 Å². The largest absolute Gasteiger partial charge is 0.536 e. The van der Waals surface area contributed by atoms with Crippen molar-refractivity contribution in [2.24, 2.45) is 0 Å². The fraction of sp³-hybridized carbons (Fsp3) is 0.524. The average Bonchev–Trinajstić information content (AvgIpc) is 2.79. The quantitative estimate of drug-likeness (QED) is 0.293. The van der Waals surface area contributed by atoms with E-state index in [0.717, 1.165) is 11.1 Å². The summed E-state index contributed by atoms with van der Waals surface area (Å²) >= 11 is 0. The summed E-state index contributed by atoms with van der Waals surface area (Å²) < 4.78 is 5.57. The zero-order valence-corrected chi connectivity index (χ0v) is 18.6. The normalized spacial score (nSPS) is 20.2. The Labute approximate surface area is 191 Å². The second-order valence-corrected chi connectivity index (χ2v) is 8.22. The molecule has 1 aromatic rings. The topological polar surface area (TPSA) is 157 Å². The highest BCUT2D eigenvalue weighted by Crippen LogP contribution is 2.36. The number of aliphatic hydroxyl groups is 2. The summed E-state index contributed by atoms with van der Waals surface area (Å²) in [5.41, 5.74) is 1.67. The van der Waals surface area contributed by atoms with E-state index in [4.69, 9.17) is 4.65 Å². The first kappa shape index (κ1) is 24.7. The van der Waals surface area contributed by atoms with Crippen molar-refractivity contribution >= 4 is 30.7 Å². The number of ketones is 1. The first-order valence-electron chi connectivity index (χ1n) is 10.8. The fourth-order valence-corrected chi connectivity index (χ4v) is 4.08. The van der Waals surface area contributed by atoms with Crippen LogP contribution in [0, 0.1) is 6.92 Å². The third-order valence-corrected chi connectivity index (χ3v) is 6.01. The van der Waals surface area contributed by atoms with Crippen molar-refractivity contribution in [3.8, 4) is 5.75 Å². The zero-order valence-electron chi connectivity index (χ0n) is 18.6. The van der Waals surface area contributed by atoms with Crippen LogP contribution in [0.15, 0.2) is 18.2 Å². The SMILES string of the molecule is CCN1CCN(C(=O)N[C@H](C(=O)C[C@H]2Cc3cccc(C)c3OB2O)[C@H](O)CO)C(=O)C1=O. The second-order valence-electron chi connectivity index (χ2n) is 8.22. The number of urea groups is 1. The molecule has 4 amide bonds. The van der Waals surface area contributed by atoms with Crippen molar-refractivity contribution in [2.45, 2.75) is 44.7 Å². The summed E-state index contributed by atoms with van der Waals surface area (Å²) in [6.07, 6.45) is -1.56. The Bertz CT molecular complexity index is 942. The monoisotopic (exact) mass is 461 g/mol. The molecule has 11 nitrogen and oxygen atoms in total. The van der Waals surface area contributed by atoms with Crippen LogP contribution >= 0.6 is 0 Å². The van der Waals surface area contributed by atoms with Crippen LogP contribution in [0.5, 0.6) is 5.75 Å². The Hall–Kier alpha value is -2.96. The van der Waals surface area contributed by atoms with E-state index in [1.807, 2.05) is 25.1 Å². The maximum Gasteiger partial charge on any atom is 0.526 e. The summed E-state index contributed by atoms with van der Waals surface area (Å²) in [6, 6.07) is 2.94. The number of aliphatic hydroxyl groups excluding tert-OH is 2. The molecule has 2 aliphatic rings. The van der Waals surface area contributed by atoms with Gasteiger partial charge in [-0.15, -0.1) is 0 Å². The van der Waals surface area contributed by atoms with Crippen molar-refractivity contribution in [3.05, 3.63) is 29.3 Å². The number of fused-ring (bicyclic) bond motifs is 1. The number of carbonyl (C=O) groups is 4. The molecule has 1 fully saturated rings. The van der Waals surface area contributed by atoms with Crippen LogP contribution in [-0.2, 0) is 20.8 Å². The lowest BCUT2D eigenvalue weighted by Crippen LogP contribution is -2.61. The minimum Gasteiger partial charge on any atom is -0.536 e. The lowest BCUT2D eigenvalue weighted by atomic mass is 9.64. The molecule has 0 aromatic heterocycles. The van der Waals surface area contributed by atoms with Crippen LogP contribution in [0.1, 0.15) is 24.5 Å².